The molecule has 1 atom stereocenters. The fourth-order valence-electron chi connectivity index (χ4n) is 3.13. The minimum absolute atomic E-state index is 0.0949. The zero-order valence-corrected chi connectivity index (χ0v) is 20.0. The lowest BCUT2D eigenvalue weighted by atomic mass is 10.0. The quantitative estimate of drug-likeness (QED) is 0.467. The predicted octanol–water partition coefficient (Wildman–Crippen LogP) is 4.63. The van der Waals surface area contributed by atoms with Crippen LogP contribution in [0.15, 0.2) is 53.7 Å². The third-order valence-corrected chi connectivity index (χ3v) is 6.44. The van der Waals surface area contributed by atoms with Gasteiger partial charge in [0, 0.05) is 23.3 Å². The summed E-state index contributed by atoms with van der Waals surface area (Å²) < 4.78 is 1.82. The zero-order valence-electron chi connectivity index (χ0n) is 18.4. The number of aromatic nitrogens is 3. The van der Waals surface area contributed by atoms with E-state index in [9.17, 15) is 9.59 Å². The van der Waals surface area contributed by atoms with Crippen LogP contribution < -0.4 is 10.6 Å². The van der Waals surface area contributed by atoms with Crippen molar-refractivity contribution >= 4 is 40.9 Å². The minimum atomic E-state index is -0.322. The van der Waals surface area contributed by atoms with E-state index >= 15 is 0 Å². The number of halogens is 1. The molecule has 0 spiro atoms. The van der Waals surface area contributed by atoms with Crippen LogP contribution in [-0.2, 0) is 11.8 Å². The highest BCUT2D eigenvalue weighted by molar-refractivity contribution is 7.99. The molecule has 2 amide bonds. The van der Waals surface area contributed by atoms with Gasteiger partial charge in [0.15, 0.2) is 11.0 Å². The molecule has 1 heterocycles. The average molecular weight is 472 g/mol. The van der Waals surface area contributed by atoms with Crippen LogP contribution in [0.25, 0.3) is 0 Å². The van der Waals surface area contributed by atoms with E-state index in [1.54, 1.807) is 24.3 Å². The molecule has 2 aromatic carbocycles. The van der Waals surface area contributed by atoms with Gasteiger partial charge in [0.25, 0.3) is 5.91 Å². The fourth-order valence-corrected chi connectivity index (χ4v) is 4.02. The Balaban J connectivity index is 1.67. The maximum atomic E-state index is 12.7. The van der Waals surface area contributed by atoms with Crippen molar-refractivity contribution in [3.8, 4) is 0 Å². The Morgan fingerprint density at radius 1 is 1.09 bits per heavy atom. The van der Waals surface area contributed by atoms with Crippen LogP contribution in [0, 0.1) is 12.8 Å². The number of benzene rings is 2. The highest BCUT2D eigenvalue weighted by Crippen LogP contribution is 2.26. The summed E-state index contributed by atoms with van der Waals surface area (Å²) in [5, 5.41) is 15.7. The molecule has 0 saturated carbocycles. The van der Waals surface area contributed by atoms with Crippen LogP contribution in [-0.4, -0.2) is 32.3 Å². The summed E-state index contributed by atoms with van der Waals surface area (Å²) in [5.41, 5.74) is 2.09. The minimum Gasteiger partial charge on any atom is -0.342 e. The topological polar surface area (TPSA) is 88.9 Å². The standard InChI is InChI=1S/C23H26ClN5O2S/c1-14(2)20(26-22(31)16-9-6-5-7-10-16)21-27-28-23(29(21)4)32-13-19(30)25-18-12-8-11-17(24)15(18)3/h5-12,14,20H,13H2,1-4H3,(H,25,30)(H,26,31)/t20-/m1/s1. The first kappa shape index (κ1) is 23.8. The Morgan fingerprint density at radius 2 is 1.81 bits per heavy atom. The Morgan fingerprint density at radius 3 is 2.50 bits per heavy atom. The Bertz CT molecular complexity index is 1100. The Hall–Kier alpha value is -2.84. The lowest BCUT2D eigenvalue weighted by molar-refractivity contribution is -0.113. The monoisotopic (exact) mass is 471 g/mol. The smallest absolute Gasteiger partial charge is 0.251 e. The first-order chi connectivity index (χ1) is 15.3. The van der Waals surface area contributed by atoms with Crippen molar-refractivity contribution in [3.63, 3.8) is 0 Å². The molecule has 3 aromatic rings. The summed E-state index contributed by atoms with van der Waals surface area (Å²) in [6.07, 6.45) is 0. The number of carbonyl (C=O) groups is 2. The molecule has 3 rings (SSSR count). The zero-order chi connectivity index (χ0) is 23.3. The van der Waals surface area contributed by atoms with Crippen molar-refractivity contribution in [3.05, 3.63) is 70.5 Å². The van der Waals surface area contributed by atoms with E-state index < -0.39 is 0 Å². The molecule has 0 bridgehead atoms. The summed E-state index contributed by atoms with van der Waals surface area (Å²) in [4.78, 5) is 25.1. The SMILES string of the molecule is Cc1c(Cl)cccc1NC(=O)CSc1nnc([C@H](NC(=O)c2ccccc2)C(C)C)n1C. The molecular formula is C23H26ClN5O2S. The number of carbonyl (C=O) groups excluding carboxylic acids is 2. The largest absolute Gasteiger partial charge is 0.342 e. The van der Waals surface area contributed by atoms with Gasteiger partial charge >= 0.3 is 0 Å². The molecule has 0 saturated heterocycles. The highest BCUT2D eigenvalue weighted by atomic mass is 35.5. The number of hydrogen-bond donors (Lipinski definition) is 2. The van der Waals surface area contributed by atoms with Gasteiger partial charge in [-0.05, 0) is 42.7 Å². The van der Waals surface area contributed by atoms with Gasteiger partial charge in [-0.25, -0.2) is 0 Å². The van der Waals surface area contributed by atoms with Crippen LogP contribution in [0.4, 0.5) is 5.69 Å². The van der Waals surface area contributed by atoms with Gasteiger partial charge in [-0.1, -0.05) is 61.5 Å². The number of nitrogens with one attached hydrogen (secondary N) is 2. The Kier molecular flexibility index (Phi) is 7.93. The summed E-state index contributed by atoms with van der Waals surface area (Å²) in [6, 6.07) is 14.1. The van der Waals surface area contributed by atoms with Gasteiger partial charge in [0.2, 0.25) is 5.91 Å². The first-order valence-corrected chi connectivity index (χ1v) is 11.6. The molecule has 32 heavy (non-hydrogen) atoms. The number of thioether (sulfide) groups is 1. The average Bonchev–Trinajstić information content (AvgIpc) is 3.14. The second-order valence-electron chi connectivity index (χ2n) is 7.71. The molecule has 1 aromatic heterocycles. The summed E-state index contributed by atoms with van der Waals surface area (Å²) >= 11 is 7.40. The first-order valence-electron chi connectivity index (χ1n) is 10.2. The third-order valence-electron chi connectivity index (χ3n) is 5.01. The molecule has 0 unspecified atom stereocenters. The van der Waals surface area contributed by atoms with Crippen molar-refractivity contribution in [2.24, 2.45) is 13.0 Å². The number of rotatable bonds is 8. The van der Waals surface area contributed by atoms with E-state index in [1.165, 1.54) is 11.8 Å². The van der Waals surface area contributed by atoms with Crippen LogP contribution in [0.3, 0.4) is 0 Å². The second-order valence-corrected chi connectivity index (χ2v) is 9.06. The lowest BCUT2D eigenvalue weighted by Crippen LogP contribution is -2.33. The van der Waals surface area contributed by atoms with Crippen molar-refractivity contribution in [2.45, 2.75) is 32.0 Å². The molecule has 2 N–H and O–H groups in total. The van der Waals surface area contributed by atoms with Crippen molar-refractivity contribution in [1.82, 2.24) is 20.1 Å². The third kappa shape index (κ3) is 5.69. The van der Waals surface area contributed by atoms with Gasteiger partial charge in [-0.15, -0.1) is 10.2 Å². The fraction of sp³-hybridized carbons (Fsp3) is 0.304. The molecule has 0 aliphatic rings. The van der Waals surface area contributed by atoms with Gasteiger partial charge in [0.05, 0.1) is 11.8 Å². The van der Waals surface area contributed by atoms with Crippen molar-refractivity contribution in [1.29, 1.82) is 0 Å². The molecular weight excluding hydrogens is 446 g/mol. The molecule has 0 aliphatic carbocycles. The lowest BCUT2D eigenvalue weighted by Gasteiger charge is -2.21. The number of anilines is 1. The van der Waals surface area contributed by atoms with Gasteiger partial charge in [-0.2, -0.15) is 0 Å². The van der Waals surface area contributed by atoms with E-state index in [0.29, 0.717) is 27.3 Å². The summed E-state index contributed by atoms with van der Waals surface area (Å²) in [5.74, 6) is 0.566. The number of hydrogen-bond acceptors (Lipinski definition) is 5. The van der Waals surface area contributed by atoms with Crippen LogP contribution >= 0.6 is 23.4 Å². The van der Waals surface area contributed by atoms with E-state index in [-0.39, 0.29) is 29.5 Å². The van der Waals surface area contributed by atoms with Crippen molar-refractivity contribution < 1.29 is 9.59 Å². The maximum absolute atomic E-state index is 12.7. The van der Waals surface area contributed by atoms with Crippen LogP contribution in [0.1, 0.15) is 41.6 Å². The molecule has 9 heteroatoms. The van der Waals surface area contributed by atoms with Crippen molar-refractivity contribution in [2.75, 3.05) is 11.1 Å². The van der Waals surface area contributed by atoms with Gasteiger partial charge in [0.1, 0.15) is 0 Å². The van der Waals surface area contributed by atoms with E-state index in [2.05, 4.69) is 20.8 Å². The highest BCUT2D eigenvalue weighted by Gasteiger charge is 2.25. The molecule has 0 radical (unpaired) electrons. The molecule has 0 fully saturated rings. The number of nitrogens with zero attached hydrogens (tertiary/aromatic N) is 3. The van der Waals surface area contributed by atoms with Crippen LogP contribution in [0.5, 0.6) is 0 Å². The molecule has 7 nitrogen and oxygen atoms in total. The van der Waals surface area contributed by atoms with E-state index in [0.717, 1.165) is 5.56 Å². The molecule has 168 valence electrons. The van der Waals surface area contributed by atoms with Gasteiger partial charge in [-0.3, -0.25) is 9.59 Å². The van der Waals surface area contributed by atoms with Gasteiger partial charge < -0.3 is 15.2 Å². The van der Waals surface area contributed by atoms with E-state index in [1.807, 2.05) is 56.7 Å². The van der Waals surface area contributed by atoms with Crippen LogP contribution in [0.2, 0.25) is 5.02 Å². The molecule has 0 aliphatic heterocycles. The summed E-state index contributed by atoms with van der Waals surface area (Å²) in [6.45, 7) is 5.88. The number of amides is 2. The summed E-state index contributed by atoms with van der Waals surface area (Å²) in [7, 11) is 1.83. The Labute approximate surface area is 197 Å². The second kappa shape index (κ2) is 10.7. The predicted molar refractivity (Wildman–Crippen MR) is 128 cm³/mol. The maximum Gasteiger partial charge on any atom is 0.251 e. The van der Waals surface area contributed by atoms with E-state index in [4.69, 9.17) is 11.6 Å². The normalized spacial score (nSPS) is 11.9.